The van der Waals surface area contributed by atoms with Gasteiger partial charge in [-0.25, -0.2) is 0 Å². The van der Waals surface area contributed by atoms with E-state index in [0.717, 1.165) is 11.7 Å². The summed E-state index contributed by atoms with van der Waals surface area (Å²) in [4.78, 5) is 0. The van der Waals surface area contributed by atoms with E-state index < -0.39 is 0 Å². The first-order valence-corrected chi connectivity index (χ1v) is 5.34. The molecule has 2 rings (SSSR count). The Hall–Kier alpha value is 0.230. The number of fused-ring (bicyclic) bond motifs is 2. The number of hydrogen-bond acceptors (Lipinski definition) is 4. The van der Waals surface area contributed by atoms with Crippen LogP contribution in [0.3, 0.4) is 0 Å². The molecule has 2 aliphatic rings. The van der Waals surface area contributed by atoms with E-state index in [9.17, 15) is 5.26 Å². The molecule has 70 valence electrons. The zero-order chi connectivity index (χ0) is 8.44. The number of hydrogen-bond donors (Lipinski definition) is 0. The molecule has 0 N–H and O–H groups in total. The first kappa shape index (κ1) is 8.81. The van der Waals surface area contributed by atoms with Crippen LogP contribution in [0, 0.1) is 11.3 Å². The summed E-state index contributed by atoms with van der Waals surface area (Å²) in [5, 5.41) is 12.9. The molecule has 0 spiro atoms. The minimum atomic E-state index is 0.480. The highest BCUT2D eigenvalue weighted by Crippen LogP contribution is 2.55. The van der Waals surface area contributed by atoms with Crippen molar-refractivity contribution in [2.45, 2.75) is 32.1 Å². The largest absolute Gasteiger partial charge is 0.691 e. The van der Waals surface area contributed by atoms with Crippen molar-refractivity contribution in [2.24, 2.45) is 11.3 Å². The van der Waals surface area contributed by atoms with Gasteiger partial charge < -0.3 is 5.26 Å². The quantitative estimate of drug-likeness (QED) is 0.290. The first-order chi connectivity index (χ1) is 5.85. The van der Waals surface area contributed by atoms with Crippen LogP contribution in [0.5, 0.6) is 0 Å². The molecule has 0 saturated heterocycles. The maximum absolute atomic E-state index is 9.56. The molecule has 0 atom stereocenters. The SMILES string of the molecule is [O-]OOSCC12CCC(CC1)C2. The molecule has 2 fully saturated rings. The van der Waals surface area contributed by atoms with E-state index in [1.165, 1.54) is 44.1 Å². The second-order valence-corrected chi connectivity index (χ2v) is 4.71. The number of rotatable bonds is 4. The van der Waals surface area contributed by atoms with Crippen molar-refractivity contribution in [1.29, 1.82) is 0 Å². The van der Waals surface area contributed by atoms with Crippen molar-refractivity contribution in [3.63, 3.8) is 0 Å². The van der Waals surface area contributed by atoms with E-state index in [2.05, 4.69) is 9.37 Å². The summed E-state index contributed by atoms with van der Waals surface area (Å²) < 4.78 is 4.30. The fraction of sp³-hybridized carbons (Fsp3) is 1.00. The van der Waals surface area contributed by atoms with E-state index in [1.54, 1.807) is 0 Å². The second kappa shape index (κ2) is 3.54. The van der Waals surface area contributed by atoms with E-state index in [4.69, 9.17) is 0 Å². The summed E-state index contributed by atoms with van der Waals surface area (Å²) in [5.41, 5.74) is 0.480. The molecule has 0 aromatic heterocycles. The van der Waals surface area contributed by atoms with Gasteiger partial charge in [-0.05, 0) is 43.4 Å². The van der Waals surface area contributed by atoms with Gasteiger partial charge in [-0.15, -0.1) is 0 Å². The monoisotopic (exact) mass is 189 g/mol. The van der Waals surface area contributed by atoms with Gasteiger partial charge >= 0.3 is 0 Å². The third-order valence-electron chi connectivity index (χ3n) is 3.33. The van der Waals surface area contributed by atoms with Crippen LogP contribution in [-0.4, -0.2) is 5.75 Å². The Bertz CT molecular complexity index is 154. The molecule has 0 aromatic rings. The summed E-state index contributed by atoms with van der Waals surface area (Å²) in [7, 11) is 0. The van der Waals surface area contributed by atoms with Gasteiger partial charge in [0.15, 0.2) is 0 Å². The van der Waals surface area contributed by atoms with Crippen LogP contribution >= 0.6 is 12.0 Å². The standard InChI is InChI=1S/C8H14O3S/c9-10-11-12-6-8-3-1-7(5-8)2-4-8/h7,9H,1-6H2/p-1. The molecule has 2 aliphatic carbocycles. The lowest BCUT2D eigenvalue weighted by Gasteiger charge is -2.24. The molecule has 0 unspecified atom stereocenters. The van der Waals surface area contributed by atoms with Gasteiger partial charge in [-0.3, -0.25) is 5.04 Å². The first-order valence-electron chi connectivity index (χ1n) is 4.43. The average Bonchev–Trinajstić information content (AvgIpc) is 2.64. The van der Waals surface area contributed by atoms with Gasteiger partial charge in [0.1, 0.15) is 0 Å². The van der Waals surface area contributed by atoms with Gasteiger partial charge in [0.25, 0.3) is 0 Å². The summed E-state index contributed by atoms with van der Waals surface area (Å²) >= 11 is 1.17. The molecular formula is C8H13O3S-. The predicted octanol–water partition coefficient (Wildman–Crippen LogP) is 1.44. The van der Waals surface area contributed by atoms with Crippen LogP contribution in [0.2, 0.25) is 0 Å². The minimum absolute atomic E-state index is 0.480. The summed E-state index contributed by atoms with van der Waals surface area (Å²) in [6.07, 6.45) is 6.71. The molecule has 0 amide bonds. The van der Waals surface area contributed by atoms with Crippen LogP contribution in [-0.2, 0) is 9.37 Å². The van der Waals surface area contributed by atoms with Gasteiger partial charge in [0.05, 0.1) is 0 Å². The Morgan fingerprint density at radius 2 is 2.17 bits per heavy atom. The van der Waals surface area contributed by atoms with Crippen LogP contribution in [0.25, 0.3) is 0 Å². The molecule has 2 saturated carbocycles. The van der Waals surface area contributed by atoms with Gasteiger partial charge in [0.2, 0.25) is 0 Å². The second-order valence-electron chi connectivity index (χ2n) is 4.05. The zero-order valence-electron chi connectivity index (χ0n) is 6.95. The Morgan fingerprint density at radius 1 is 1.42 bits per heavy atom. The van der Waals surface area contributed by atoms with Crippen molar-refractivity contribution < 1.29 is 14.6 Å². The fourth-order valence-electron chi connectivity index (χ4n) is 2.68. The summed E-state index contributed by atoms with van der Waals surface area (Å²) in [5.74, 6) is 1.88. The molecule has 0 heterocycles. The van der Waals surface area contributed by atoms with Crippen molar-refractivity contribution >= 4 is 12.0 Å². The zero-order valence-corrected chi connectivity index (χ0v) is 7.77. The molecule has 2 bridgehead atoms. The van der Waals surface area contributed by atoms with Gasteiger partial charge in [-0.1, -0.05) is 0 Å². The topological polar surface area (TPSA) is 41.5 Å². The smallest absolute Gasteiger partial charge is 0.0311 e. The molecule has 12 heavy (non-hydrogen) atoms. The van der Waals surface area contributed by atoms with E-state index in [0.29, 0.717) is 5.41 Å². The Balaban J connectivity index is 1.78. The van der Waals surface area contributed by atoms with Crippen molar-refractivity contribution in [3.05, 3.63) is 0 Å². The van der Waals surface area contributed by atoms with Crippen LogP contribution in [0.15, 0.2) is 0 Å². The van der Waals surface area contributed by atoms with Crippen molar-refractivity contribution in [1.82, 2.24) is 0 Å². The fourth-order valence-corrected chi connectivity index (χ4v) is 3.43. The summed E-state index contributed by atoms with van der Waals surface area (Å²) in [6, 6.07) is 0. The highest BCUT2D eigenvalue weighted by molar-refractivity contribution is 7.94. The molecule has 0 aromatic carbocycles. The Morgan fingerprint density at radius 3 is 2.67 bits per heavy atom. The van der Waals surface area contributed by atoms with Crippen LogP contribution in [0.4, 0.5) is 0 Å². The van der Waals surface area contributed by atoms with E-state index >= 15 is 0 Å². The highest BCUT2D eigenvalue weighted by atomic mass is 32.2. The molecule has 0 radical (unpaired) electrons. The average molecular weight is 189 g/mol. The molecule has 4 heteroatoms. The third kappa shape index (κ3) is 1.62. The predicted molar refractivity (Wildman–Crippen MR) is 43.6 cm³/mol. The van der Waals surface area contributed by atoms with Crippen molar-refractivity contribution in [2.75, 3.05) is 5.75 Å². The lowest BCUT2D eigenvalue weighted by molar-refractivity contribution is -0.777. The molecule has 3 nitrogen and oxygen atoms in total. The van der Waals surface area contributed by atoms with Crippen LogP contribution < -0.4 is 5.26 Å². The maximum atomic E-state index is 9.56. The van der Waals surface area contributed by atoms with Gasteiger partial charge in [-0.2, -0.15) is 4.33 Å². The maximum Gasteiger partial charge on any atom is 0.0311 e. The third-order valence-corrected chi connectivity index (χ3v) is 4.21. The Labute approximate surface area is 76.5 Å². The highest BCUT2D eigenvalue weighted by Gasteiger charge is 2.44. The van der Waals surface area contributed by atoms with Crippen LogP contribution in [0.1, 0.15) is 32.1 Å². The lowest BCUT2D eigenvalue weighted by atomic mass is 9.87. The summed E-state index contributed by atoms with van der Waals surface area (Å²) in [6.45, 7) is 0. The molecule has 0 aliphatic heterocycles. The van der Waals surface area contributed by atoms with Gasteiger partial charge in [0, 0.05) is 17.8 Å². The molecular weight excluding hydrogens is 176 g/mol. The van der Waals surface area contributed by atoms with E-state index in [1.807, 2.05) is 0 Å². The van der Waals surface area contributed by atoms with Crippen molar-refractivity contribution in [3.8, 4) is 0 Å². The lowest BCUT2D eigenvalue weighted by Crippen LogP contribution is -2.17. The normalized spacial score (nSPS) is 39.2. The Kier molecular flexibility index (Phi) is 2.60. The minimum Gasteiger partial charge on any atom is -0.691 e. The van der Waals surface area contributed by atoms with E-state index in [-0.39, 0.29) is 0 Å².